The topological polar surface area (TPSA) is 79.6 Å². The first-order valence-corrected chi connectivity index (χ1v) is 10.7. The number of benzene rings is 2. The lowest BCUT2D eigenvalue weighted by Gasteiger charge is -2.23. The zero-order valence-corrected chi connectivity index (χ0v) is 17.5. The first-order chi connectivity index (χ1) is 14.5. The number of hydrogen-bond donors (Lipinski definition) is 0. The minimum Gasteiger partial charge on any atom is -0.364 e. The summed E-state index contributed by atoms with van der Waals surface area (Å²) in [6.45, 7) is 4.96. The fourth-order valence-corrected chi connectivity index (χ4v) is 4.53. The van der Waals surface area contributed by atoms with Gasteiger partial charge in [-0.1, -0.05) is 30.3 Å². The largest absolute Gasteiger partial charge is 0.364 e. The summed E-state index contributed by atoms with van der Waals surface area (Å²) in [6.07, 6.45) is 0.875. The molecule has 0 unspecified atom stereocenters. The molecule has 0 N–H and O–H groups in total. The van der Waals surface area contributed by atoms with Crippen molar-refractivity contribution in [1.82, 2.24) is 4.98 Å². The van der Waals surface area contributed by atoms with Crippen LogP contribution in [0.15, 0.2) is 53.9 Å². The van der Waals surface area contributed by atoms with Gasteiger partial charge in [-0.15, -0.1) is 11.3 Å². The molecule has 7 nitrogen and oxygen atoms in total. The second-order valence-corrected chi connectivity index (χ2v) is 8.09. The molecule has 2 aromatic carbocycles. The Bertz CT molecular complexity index is 1070. The Hall–Kier alpha value is -3.26. The molecule has 0 amide bonds. The van der Waals surface area contributed by atoms with Crippen molar-refractivity contribution in [2.45, 2.75) is 13.3 Å². The highest BCUT2D eigenvalue weighted by Crippen LogP contribution is 2.31. The molecule has 1 aliphatic heterocycles. The van der Waals surface area contributed by atoms with Crippen LogP contribution in [-0.4, -0.2) is 41.9 Å². The van der Waals surface area contributed by atoms with E-state index in [9.17, 15) is 14.9 Å². The van der Waals surface area contributed by atoms with Crippen molar-refractivity contribution in [3.05, 3.63) is 80.8 Å². The Morgan fingerprint density at radius 3 is 2.47 bits per heavy atom. The maximum atomic E-state index is 12.7. The maximum Gasteiger partial charge on any atom is 0.293 e. The number of ketones is 1. The predicted molar refractivity (Wildman–Crippen MR) is 119 cm³/mol. The number of carbonyl (C=O) groups is 1. The van der Waals surface area contributed by atoms with Gasteiger partial charge in [-0.25, -0.2) is 4.98 Å². The van der Waals surface area contributed by atoms with E-state index in [1.54, 1.807) is 47.7 Å². The van der Waals surface area contributed by atoms with E-state index in [1.165, 1.54) is 6.07 Å². The highest BCUT2D eigenvalue weighted by molar-refractivity contribution is 7.13. The summed E-state index contributed by atoms with van der Waals surface area (Å²) in [6, 6.07) is 13.6. The number of carbonyl (C=O) groups excluding carboxylic acids is 1. The molecule has 0 aliphatic carbocycles. The highest BCUT2D eigenvalue weighted by Gasteiger charge is 2.25. The van der Waals surface area contributed by atoms with Crippen LogP contribution in [0.5, 0.6) is 0 Å². The second-order valence-electron chi connectivity index (χ2n) is 7.25. The lowest BCUT2D eigenvalue weighted by Crippen LogP contribution is -2.31. The third-order valence-corrected chi connectivity index (χ3v) is 6.20. The first kappa shape index (κ1) is 20.0. The lowest BCUT2D eigenvalue weighted by molar-refractivity contribution is -0.384. The van der Waals surface area contributed by atoms with Crippen LogP contribution < -0.4 is 9.80 Å². The van der Waals surface area contributed by atoms with E-state index >= 15 is 0 Å². The summed E-state index contributed by atoms with van der Waals surface area (Å²) in [4.78, 5) is 32.9. The minimum absolute atomic E-state index is 0.0321. The fourth-order valence-electron chi connectivity index (χ4n) is 3.67. The van der Waals surface area contributed by atoms with Gasteiger partial charge in [0.1, 0.15) is 5.69 Å². The molecule has 0 spiro atoms. The van der Waals surface area contributed by atoms with E-state index < -0.39 is 4.92 Å². The molecule has 0 atom stereocenters. The van der Waals surface area contributed by atoms with Crippen molar-refractivity contribution >= 4 is 33.6 Å². The smallest absolute Gasteiger partial charge is 0.293 e. The first-order valence-electron chi connectivity index (χ1n) is 9.83. The minimum atomic E-state index is -0.399. The van der Waals surface area contributed by atoms with Gasteiger partial charge in [0.05, 0.1) is 10.6 Å². The van der Waals surface area contributed by atoms with Gasteiger partial charge in [-0.05, 0) is 25.5 Å². The van der Waals surface area contributed by atoms with Crippen LogP contribution in [-0.2, 0) is 0 Å². The molecule has 8 heteroatoms. The van der Waals surface area contributed by atoms with Crippen LogP contribution in [0.2, 0.25) is 0 Å². The monoisotopic (exact) mass is 422 g/mol. The lowest BCUT2D eigenvalue weighted by atomic mass is 10.0. The Morgan fingerprint density at radius 1 is 1.03 bits per heavy atom. The average Bonchev–Trinajstić information content (AvgIpc) is 3.05. The van der Waals surface area contributed by atoms with Gasteiger partial charge in [0.2, 0.25) is 0 Å². The van der Waals surface area contributed by atoms with Crippen molar-refractivity contribution in [3.8, 4) is 0 Å². The van der Waals surface area contributed by atoms with Crippen LogP contribution in [0.4, 0.5) is 16.5 Å². The quantitative estimate of drug-likeness (QED) is 0.346. The molecule has 0 bridgehead atoms. The number of nitro benzene ring substituents is 1. The number of nitrogens with zero attached hydrogens (tertiary/aromatic N) is 4. The molecule has 1 saturated heterocycles. The summed E-state index contributed by atoms with van der Waals surface area (Å²) < 4.78 is 0. The Morgan fingerprint density at radius 2 is 1.77 bits per heavy atom. The molecule has 2 heterocycles. The van der Waals surface area contributed by atoms with E-state index in [4.69, 9.17) is 0 Å². The van der Waals surface area contributed by atoms with E-state index in [-0.39, 0.29) is 11.5 Å². The molecule has 4 rings (SSSR count). The van der Waals surface area contributed by atoms with Gasteiger partial charge in [-0.2, -0.15) is 0 Å². The number of aryl methyl sites for hydroxylation is 1. The summed E-state index contributed by atoms with van der Waals surface area (Å²) in [5.41, 5.74) is 2.37. The Kier molecular flexibility index (Phi) is 5.76. The number of anilines is 2. The van der Waals surface area contributed by atoms with Crippen molar-refractivity contribution in [2.75, 3.05) is 36.0 Å². The van der Waals surface area contributed by atoms with E-state index in [0.717, 1.165) is 30.3 Å². The zero-order valence-electron chi connectivity index (χ0n) is 16.7. The molecular weight excluding hydrogens is 400 g/mol. The van der Waals surface area contributed by atoms with Crippen LogP contribution in [0.1, 0.15) is 28.0 Å². The van der Waals surface area contributed by atoms with Gasteiger partial charge in [0, 0.05) is 48.8 Å². The molecule has 1 aliphatic rings. The van der Waals surface area contributed by atoms with Gasteiger partial charge < -0.3 is 9.80 Å². The number of nitro groups is 1. The van der Waals surface area contributed by atoms with Crippen molar-refractivity contribution in [3.63, 3.8) is 0 Å². The van der Waals surface area contributed by atoms with Gasteiger partial charge >= 0.3 is 0 Å². The standard InChI is InChI=1S/C22H22N4O3S/c1-16-15-30-22(23-16)25-11-5-10-24(12-13-25)19-9-8-18(14-20(19)26(28)29)21(27)17-6-3-2-4-7-17/h2-4,6-9,14-15H,5,10-13H2,1H3. The number of hydrogen-bond acceptors (Lipinski definition) is 7. The van der Waals surface area contributed by atoms with Gasteiger partial charge in [-0.3, -0.25) is 14.9 Å². The zero-order chi connectivity index (χ0) is 21.1. The predicted octanol–water partition coefficient (Wildman–Crippen LogP) is 4.31. The normalized spacial score (nSPS) is 14.4. The van der Waals surface area contributed by atoms with E-state index in [2.05, 4.69) is 9.88 Å². The molecule has 3 aromatic rings. The van der Waals surface area contributed by atoms with Crippen molar-refractivity contribution < 1.29 is 9.72 Å². The van der Waals surface area contributed by atoms with Gasteiger partial charge in [0.25, 0.3) is 5.69 Å². The second kappa shape index (κ2) is 8.62. The highest BCUT2D eigenvalue weighted by atomic mass is 32.1. The van der Waals surface area contributed by atoms with E-state index in [0.29, 0.717) is 29.9 Å². The van der Waals surface area contributed by atoms with Crippen molar-refractivity contribution in [2.24, 2.45) is 0 Å². The molecule has 154 valence electrons. The molecule has 1 aromatic heterocycles. The van der Waals surface area contributed by atoms with Crippen LogP contribution in [0, 0.1) is 17.0 Å². The van der Waals surface area contributed by atoms with Crippen LogP contribution in [0.25, 0.3) is 0 Å². The molecule has 1 fully saturated rings. The number of thiazole rings is 1. The van der Waals surface area contributed by atoms with Gasteiger partial charge in [0.15, 0.2) is 10.9 Å². The summed E-state index contributed by atoms with van der Waals surface area (Å²) in [7, 11) is 0. The summed E-state index contributed by atoms with van der Waals surface area (Å²) in [5, 5.41) is 14.8. The third-order valence-electron chi connectivity index (χ3n) is 5.18. The van der Waals surface area contributed by atoms with Crippen LogP contribution >= 0.6 is 11.3 Å². The third kappa shape index (κ3) is 4.18. The SMILES string of the molecule is Cc1csc(N2CCCN(c3ccc(C(=O)c4ccccc4)cc3[N+](=O)[O-])CC2)n1. The fraction of sp³-hybridized carbons (Fsp3) is 0.273. The molecular formula is C22H22N4O3S. The molecule has 0 radical (unpaired) electrons. The van der Waals surface area contributed by atoms with Crippen LogP contribution in [0.3, 0.4) is 0 Å². The number of rotatable bonds is 5. The molecule has 30 heavy (non-hydrogen) atoms. The molecule has 0 saturated carbocycles. The van der Waals surface area contributed by atoms with E-state index in [1.807, 2.05) is 23.3 Å². The Labute approximate surface area is 178 Å². The average molecular weight is 423 g/mol. The van der Waals surface area contributed by atoms with Crippen molar-refractivity contribution in [1.29, 1.82) is 0 Å². The number of aromatic nitrogens is 1. The summed E-state index contributed by atoms with van der Waals surface area (Å²) in [5.74, 6) is -0.216. The Balaban J connectivity index is 1.57. The summed E-state index contributed by atoms with van der Waals surface area (Å²) >= 11 is 1.62. The maximum absolute atomic E-state index is 12.7.